The largest absolute Gasteiger partial charge is 0.376 e. The number of ether oxygens (including phenoxy) is 2. The fourth-order valence-electron chi connectivity index (χ4n) is 7.80. The fraction of sp³-hybridized carbons (Fsp3) is 0.382. The third kappa shape index (κ3) is 3.98. The molecule has 5 nitrogen and oxygen atoms in total. The van der Waals surface area contributed by atoms with Crippen LogP contribution in [0.25, 0.3) is 10.9 Å². The fourth-order valence-corrected chi connectivity index (χ4v) is 7.80. The highest BCUT2D eigenvalue weighted by atomic mass is 16.5. The SMILES string of the molecule is O=CC1CCN2CC3CCC(COCc4ccccc4)(COCc4ccccc4)c4[nH]c5ccccc5c4C132. The number of aromatic nitrogens is 1. The monoisotopic (exact) mass is 520 g/mol. The normalized spacial score (nSPS) is 25.3. The summed E-state index contributed by atoms with van der Waals surface area (Å²) < 4.78 is 13.1. The highest BCUT2D eigenvalue weighted by molar-refractivity contribution is 5.88. The van der Waals surface area contributed by atoms with Crippen LogP contribution in [-0.2, 0) is 38.4 Å². The molecule has 4 aromatic rings. The lowest BCUT2D eigenvalue weighted by molar-refractivity contribution is -0.125. The Hall–Kier alpha value is -3.25. The first-order valence-electron chi connectivity index (χ1n) is 14.3. The molecule has 1 spiro atoms. The predicted octanol–water partition coefficient (Wildman–Crippen LogP) is 5.98. The van der Waals surface area contributed by atoms with Gasteiger partial charge >= 0.3 is 0 Å². The van der Waals surface area contributed by atoms with Gasteiger partial charge in [0.2, 0.25) is 0 Å². The van der Waals surface area contributed by atoms with E-state index in [4.69, 9.17) is 9.47 Å². The number of aromatic amines is 1. The van der Waals surface area contributed by atoms with Crippen LogP contribution in [0.4, 0.5) is 0 Å². The number of hydrogen-bond acceptors (Lipinski definition) is 4. The van der Waals surface area contributed by atoms with Crippen molar-refractivity contribution in [1.29, 1.82) is 0 Å². The Morgan fingerprint density at radius 1 is 0.846 bits per heavy atom. The van der Waals surface area contributed by atoms with Crippen LogP contribution in [0.2, 0.25) is 0 Å². The molecule has 2 saturated heterocycles. The summed E-state index contributed by atoms with van der Waals surface area (Å²) in [5.41, 5.74) is 5.45. The molecule has 39 heavy (non-hydrogen) atoms. The van der Waals surface area contributed by atoms with Gasteiger partial charge < -0.3 is 19.3 Å². The lowest BCUT2D eigenvalue weighted by atomic mass is 9.64. The molecule has 2 aliphatic heterocycles. The van der Waals surface area contributed by atoms with Crippen LogP contribution >= 0.6 is 0 Å². The van der Waals surface area contributed by atoms with Gasteiger partial charge in [-0.2, -0.15) is 0 Å². The van der Waals surface area contributed by atoms with Gasteiger partial charge in [-0.3, -0.25) is 4.90 Å². The molecule has 3 atom stereocenters. The predicted molar refractivity (Wildman–Crippen MR) is 152 cm³/mol. The number of nitrogens with zero attached hydrogens (tertiary/aromatic N) is 1. The first-order valence-corrected chi connectivity index (χ1v) is 14.3. The second-order valence-electron chi connectivity index (χ2n) is 11.7. The molecular weight excluding hydrogens is 484 g/mol. The maximum absolute atomic E-state index is 12.6. The van der Waals surface area contributed by atoms with Gasteiger partial charge in [-0.05, 0) is 48.9 Å². The summed E-state index contributed by atoms with van der Waals surface area (Å²) in [6.45, 7) is 4.30. The minimum absolute atomic E-state index is 0.0143. The molecule has 0 amide bonds. The molecule has 3 aliphatic rings. The highest BCUT2D eigenvalue weighted by Crippen LogP contribution is 2.62. The summed E-state index contributed by atoms with van der Waals surface area (Å²) in [5, 5.41) is 1.24. The average Bonchev–Trinajstić information content (AvgIpc) is 3.46. The number of para-hydroxylation sites is 1. The number of hydrogen-bond donors (Lipinski definition) is 1. The number of carbonyl (C=O) groups excluding carboxylic acids is 1. The zero-order chi connectivity index (χ0) is 26.3. The molecule has 1 N–H and O–H groups in total. The number of H-pyrrole nitrogens is 1. The Bertz CT molecular complexity index is 1400. The van der Waals surface area contributed by atoms with Crippen molar-refractivity contribution in [2.45, 2.75) is 43.4 Å². The van der Waals surface area contributed by atoms with E-state index in [1.165, 1.54) is 34.1 Å². The van der Waals surface area contributed by atoms with Gasteiger partial charge in [0.1, 0.15) is 6.29 Å². The van der Waals surface area contributed by atoms with Crippen molar-refractivity contribution < 1.29 is 14.3 Å². The van der Waals surface area contributed by atoms with Crippen molar-refractivity contribution in [1.82, 2.24) is 9.88 Å². The minimum atomic E-state index is -0.342. The third-order valence-electron chi connectivity index (χ3n) is 9.61. The maximum atomic E-state index is 12.6. The summed E-state index contributed by atoms with van der Waals surface area (Å²) in [5.74, 6) is 0.471. The summed E-state index contributed by atoms with van der Waals surface area (Å²) >= 11 is 0. The molecule has 7 rings (SSSR count). The third-order valence-corrected chi connectivity index (χ3v) is 9.61. The summed E-state index contributed by atoms with van der Waals surface area (Å²) in [4.78, 5) is 19.0. The molecule has 1 aromatic heterocycles. The minimum Gasteiger partial charge on any atom is -0.376 e. The topological polar surface area (TPSA) is 54.6 Å². The van der Waals surface area contributed by atoms with E-state index in [-0.39, 0.29) is 16.9 Å². The first-order chi connectivity index (χ1) is 19.2. The van der Waals surface area contributed by atoms with E-state index in [0.717, 1.165) is 37.9 Å². The lowest BCUT2D eigenvalue weighted by Crippen LogP contribution is -2.63. The summed E-state index contributed by atoms with van der Waals surface area (Å²) in [6, 6.07) is 29.4. The number of aldehydes is 1. The van der Waals surface area contributed by atoms with Gasteiger partial charge in [-0.1, -0.05) is 78.9 Å². The smallest absolute Gasteiger partial charge is 0.125 e. The van der Waals surface area contributed by atoms with Crippen LogP contribution in [0, 0.1) is 11.8 Å². The molecule has 3 heterocycles. The Balaban J connectivity index is 1.31. The van der Waals surface area contributed by atoms with E-state index in [2.05, 4.69) is 82.7 Å². The quantitative estimate of drug-likeness (QED) is 0.276. The van der Waals surface area contributed by atoms with Crippen molar-refractivity contribution in [2.24, 2.45) is 11.8 Å². The van der Waals surface area contributed by atoms with Gasteiger partial charge in [0.15, 0.2) is 0 Å². The maximum Gasteiger partial charge on any atom is 0.125 e. The standard InChI is InChI=1S/C34H36N2O3/c37-20-28-16-18-36-19-27-15-17-33(23-38-21-25-9-3-1-4-10-25,24-39-22-26-11-5-2-6-12-26)32-31(34(27,28)36)29-13-7-8-14-30(29)35-32/h1-14,20,27-28,35H,15-19,21-24H2. The molecule has 0 saturated carbocycles. The van der Waals surface area contributed by atoms with Gasteiger partial charge in [0, 0.05) is 34.6 Å². The van der Waals surface area contributed by atoms with Crippen molar-refractivity contribution in [3.05, 3.63) is 107 Å². The number of rotatable bonds is 9. The van der Waals surface area contributed by atoms with Gasteiger partial charge in [-0.15, -0.1) is 0 Å². The Labute approximate surface area is 230 Å². The molecule has 3 aromatic carbocycles. The molecule has 1 aliphatic carbocycles. The average molecular weight is 521 g/mol. The second kappa shape index (κ2) is 10.1. The van der Waals surface area contributed by atoms with Crippen LogP contribution in [0.1, 0.15) is 41.6 Å². The lowest BCUT2D eigenvalue weighted by Gasteiger charge is -2.57. The van der Waals surface area contributed by atoms with Crippen molar-refractivity contribution in [3.63, 3.8) is 0 Å². The van der Waals surface area contributed by atoms with Crippen molar-refractivity contribution in [3.8, 4) is 0 Å². The van der Waals surface area contributed by atoms with E-state index in [1.54, 1.807) is 0 Å². The van der Waals surface area contributed by atoms with Crippen LogP contribution < -0.4 is 0 Å². The van der Waals surface area contributed by atoms with Gasteiger partial charge in [0.25, 0.3) is 0 Å². The Morgan fingerprint density at radius 2 is 1.49 bits per heavy atom. The Morgan fingerprint density at radius 3 is 2.15 bits per heavy atom. The Kier molecular flexibility index (Phi) is 6.38. The number of carbonyl (C=O) groups is 1. The zero-order valence-corrected chi connectivity index (χ0v) is 22.4. The van der Waals surface area contributed by atoms with Crippen molar-refractivity contribution in [2.75, 3.05) is 26.3 Å². The second-order valence-corrected chi connectivity index (χ2v) is 11.7. The highest BCUT2D eigenvalue weighted by Gasteiger charge is 2.65. The van der Waals surface area contributed by atoms with E-state index in [9.17, 15) is 4.79 Å². The van der Waals surface area contributed by atoms with E-state index >= 15 is 0 Å². The van der Waals surface area contributed by atoms with Crippen LogP contribution in [0.5, 0.6) is 0 Å². The van der Waals surface area contributed by atoms with E-state index in [0.29, 0.717) is 32.3 Å². The van der Waals surface area contributed by atoms with E-state index in [1.807, 2.05) is 12.1 Å². The molecular formula is C34H36N2O3. The summed E-state index contributed by atoms with van der Waals surface area (Å²) in [6.07, 6.45) is 4.19. The summed E-state index contributed by atoms with van der Waals surface area (Å²) in [7, 11) is 0. The zero-order valence-electron chi connectivity index (χ0n) is 22.4. The molecule has 0 bridgehead atoms. The number of nitrogens with one attached hydrogen (secondary N) is 1. The van der Waals surface area contributed by atoms with Crippen LogP contribution in [0.15, 0.2) is 84.9 Å². The van der Waals surface area contributed by atoms with Crippen molar-refractivity contribution >= 4 is 17.2 Å². The van der Waals surface area contributed by atoms with Gasteiger partial charge in [-0.25, -0.2) is 0 Å². The number of benzene rings is 3. The molecule has 5 heteroatoms. The van der Waals surface area contributed by atoms with Crippen LogP contribution in [0.3, 0.4) is 0 Å². The molecule has 200 valence electrons. The molecule has 0 radical (unpaired) electrons. The number of fused-ring (bicyclic) bond motifs is 3. The van der Waals surface area contributed by atoms with Gasteiger partial charge in [0.05, 0.1) is 37.4 Å². The van der Waals surface area contributed by atoms with E-state index < -0.39 is 0 Å². The molecule has 2 fully saturated rings. The first kappa shape index (κ1) is 24.8. The molecule has 3 unspecified atom stereocenters. The van der Waals surface area contributed by atoms with Crippen LogP contribution in [-0.4, -0.2) is 42.5 Å².